The number of H-pyrrole nitrogens is 1. The number of methoxy groups -OCH3 is 1. The van der Waals surface area contributed by atoms with E-state index in [0.29, 0.717) is 6.42 Å². The van der Waals surface area contributed by atoms with Crippen LogP contribution in [0.5, 0.6) is 0 Å². The van der Waals surface area contributed by atoms with Crippen LogP contribution in [0, 0.1) is 17.3 Å². The number of aliphatic hydroxyl groups excluding tert-OH is 1. The normalized spacial score (nSPS) is 15.5. The minimum Gasteiger partial charge on any atom is -0.444 e. The summed E-state index contributed by atoms with van der Waals surface area (Å²) in [6.45, 7) is 18.2. The summed E-state index contributed by atoms with van der Waals surface area (Å²) in [5.41, 5.74) is 2.35. The topological polar surface area (TPSA) is 113 Å². The van der Waals surface area contributed by atoms with Gasteiger partial charge in [-0.25, -0.2) is 4.79 Å². The first-order valence-corrected chi connectivity index (χ1v) is 14.6. The highest BCUT2D eigenvalue weighted by Crippen LogP contribution is 2.36. The van der Waals surface area contributed by atoms with Crippen LogP contribution in [0.25, 0.3) is 10.9 Å². The van der Waals surface area contributed by atoms with Crippen LogP contribution in [-0.4, -0.2) is 60.1 Å². The van der Waals surface area contributed by atoms with E-state index in [0.717, 1.165) is 25.0 Å². The number of amides is 2. The maximum atomic E-state index is 12.8. The quantitative estimate of drug-likeness (QED) is 0.227. The van der Waals surface area contributed by atoms with Gasteiger partial charge in [-0.1, -0.05) is 47.6 Å². The fourth-order valence-corrected chi connectivity index (χ4v) is 5.06. The second-order valence-corrected chi connectivity index (χ2v) is 13.4. The van der Waals surface area contributed by atoms with Crippen molar-refractivity contribution >= 4 is 22.9 Å². The van der Waals surface area contributed by atoms with Crippen molar-refractivity contribution in [1.82, 2.24) is 15.6 Å². The predicted octanol–water partition coefficient (Wildman–Crippen LogP) is 5.93. The second-order valence-electron chi connectivity index (χ2n) is 13.4. The van der Waals surface area contributed by atoms with E-state index in [1.807, 2.05) is 20.8 Å². The molecule has 40 heavy (non-hydrogen) atoms. The third kappa shape index (κ3) is 10.1. The van der Waals surface area contributed by atoms with Crippen LogP contribution >= 0.6 is 0 Å². The summed E-state index contributed by atoms with van der Waals surface area (Å²) in [4.78, 5) is 28.6. The second kappa shape index (κ2) is 14.4. The molecule has 0 radical (unpaired) electrons. The number of aromatic nitrogens is 1. The molecule has 0 bridgehead atoms. The van der Waals surface area contributed by atoms with E-state index in [1.165, 1.54) is 16.5 Å². The fourth-order valence-electron chi connectivity index (χ4n) is 5.06. The summed E-state index contributed by atoms with van der Waals surface area (Å²) in [7, 11) is 1.72. The van der Waals surface area contributed by atoms with Gasteiger partial charge in [-0.2, -0.15) is 0 Å². The molecule has 226 valence electrons. The van der Waals surface area contributed by atoms with Crippen molar-refractivity contribution in [2.75, 3.05) is 20.3 Å². The summed E-state index contributed by atoms with van der Waals surface area (Å²) in [5.74, 6) is 0.418. The molecule has 1 aromatic heterocycles. The molecule has 4 N–H and O–H groups in total. The lowest BCUT2D eigenvalue weighted by Crippen LogP contribution is -2.51. The molecular weight excluding hydrogens is 506 g/mol. The molecule has 1 heterocycles. The molecule has 0 spiro atoms. The Bertz CT molecular complexity index is 1100. The molecule has 4 atom stereocenters. The Kier molecular flexibility index (Phi) is 12.1. The summed E-state index contributed by atoms with van der Waals surface area (Å²) < 4.78 is 10.8. The number of hydrogen-bond acceptors (Lipinski definition) is 5. The lowest BCUT2D eigenvalue weighted by Gasteiger charge is -2.34. The highest BCUT2D eigenvalue weighted by molar-refractivity contribution is 5.84. The number of hydrogen-bond donors (Lipinski definition) is 4. The van der Waals surface area contributed by atoms with Crippen LogP contribution in [0.15, 0.2) is 24.4 Å². The van der Waals surface area contributed by atoms with Crippen molar-refractivity contribution in [3.63, 3.8) is 0 Å². The van der Waals surface area contributed by atoms with Gasteiger partial charge in [0.25, 0.3) is 0 Å². The highest BCUT2D eigenvalue weighted by Gasteiger charge is 2.32. The Labute approximate surface area is 241 Å². The molecule has 4 unspecified atom stereocenters. The molecule has 0 saturated heterocycles. The van der Waals surface area contributed by atoms with Crippen LogP contribution in [0.2, 0.25) is 0 Å². The number of aryl methyl sites for hydroxylation is 1. The Morgan fingerprint density at radius 2 is 1.75 bits per heavy atom. The van der Waals surface area contributed by atoms with Gasteiger partial charge in [0, 0.05) is 42.8 Å². The van der Waals surface area contributed by atoms with Crippen LogP contribution in [0.3, 0.4) is 0 Å². The van der Waals surface area contributed by atoms with Gasteiger partial charge >= 0.3 is 6.09 Å². The van der Waals surface area contributed by atoms with E-state index in [4.69, 9.17) is 9.47 Å². The molecule has 0 fully saturated rings. The zero-order chi connectivity index (χ0) is 30.3. The van der Waals surface area contributed by atoms with Crippen LogP contribution in [0.4, 0.5) is 4.79 Å². The van der Waals surface area contributed by atoms with E-state index in [1.54, 1.807) is 27.9 Å². The van der Waals surface area contributed by atoms with Gasteiger partial charge in [-0.15, -0.1) is 0 Å². The first kappa shape index (κ1) is 33.6. The molecule has 0 aliphatic carbocycles. The molecule has 2 amide bonds. The minimum absolute atomic E-state index is 0.0376. The number of ether oxygens (including phenoxy) is 2. The van der Waals surface area contributed by atoms with Crippen LogP contribution in [-0.2, 0) is 20.7 Å². The maximum Gasteiger partial charge on any atom is 0.407 e. The summed E-state index contributed by atoms with van der Waals surface area (Å²) in [5, 5.41) is 18.2. The van der Waals surface area contributed by atoms with Crippen molar-refractivity contribution in [2.24, 2.45) is 17.3 Å². The van der Waals surface area contributed by atoms with E-state index < -0.39 is 29.3 Å². The predicted molar refractivity (Wildman–Crippen MR) is 161 cm³/mol. The Balaban J connectivity index is 2.30. The number of carbonyl (C=O) groups is 2. The van der Waals surface area contributed by atoms with Crippen molar-refractivity contribution in [1.29, 1.82) is 0 Å². The number of rotatable bonds is 13. The highest BCUT2D eigenvalue weighted by atomic mass is 16.6. The lowest BCUT2D eigenvalue weighted by molar-refractivity contribution is -0.129. The molecule has 2 rings (SSSR count). The summed E-state index contributed by atoms with van der Waals surface area (Å²) >= 11 is 0. The van der Waals surface area contributed by atoms with Gasteiger partial charge in [0.1, 0.15) is 5.60 Å². The lowest BCUT2D eigenvalue weighted by atomic mass is 9.76. The van der Waals surface area contributed by atoms with Gasteiger partial charge in [-0.05, 0) is 81.0 Å². The van der Waals surface area contributed by atoms with Crippen molar-refractivity contribution in [3.8, 4) is 0 Å². The smallest absolute Gasteiger partial charge is 0.407 e. The molecular formula is C32H53N3O5. The monoisotopic (exact) mass is 559 g/mol. The number of nitrogens with one attached hydrogen (secondary N) is 3. The maximum absolute atomic E-state index is 12.8. The van der Waals surface area contributed by atoms with Crippen molar-refractivity contribution in [3.05, 3.63) is 35.5 Å². The number of aromatic amines is 1. The number of aliphatic hydroxyl groups is 1. The third-order valence-corrected chi connectivity index (χ3v) is 7.46. The SMILES string of the molecule is COCCCc1c[nH]c2ccc(C(C)C(CC(NC(=O)OC(C)(C)C)C(O)CNC(=O)C(C)(C)C)C(C)C)cc12. The number of fused-ring (bicyclic) bond motifs is 1. The van der Waals surface area contributed by atoms with E-state index >= 15 is 0 Å². The Morgan fingerprint density at radius 3 is 2.33 bits per heavy atom. The van der Waals surface area contributed by atoms with E-state index in [-0.39, 0.29) is 30.2 Å². The Morgan fingerprint density at radius 1 is 1.07 bits per heavy atom. The molecule has 0 aliphatic heterocycles. The number of alkyl carbamates (subject to hydrolysis) is 1. The third-order valence-electron chi connectivity index (χ3n) is 7.46. The molecule has 0 aliphatic rings. The molecule has 8 nitrogen and oxygen atoms in total. The zero-order valence-corrected chi connectivity index (χ0v) is 26.3. The van der Waals surface area contributed by atoms with Gasteiger partial charge in [0.15, 0.2) is 0 Å². The zero-order valence-electron chi connectivity index (χ0n) is 26.3. The van der Waals surface area contributed by atoms with Crippen molar-refractivity contribution in [2.45, 2.75) is 105 Å². The van der Waals surface area contributed by atoms with Gasteiger partial charge in [-0.3, -0.25) is 4.79 Å². The largest absolute Gasteiger partial charge is 0.444 e. The minimum atomic E-state index is -0.980. The van der Waals surface area contributed by atoms with E-state index in [9.17, 15) is 14.7 Å². The van der Waals surface area contributed by atoms with Crippen molar-refractivity contribution < 1.29 is 24.2 Å². The molecule has 2 aromatic rings. The van der Waals surface area contributed by atoms with E-state index in [2.05, 4.69) is 60.8 Å². The average Bonchev–Trinajstić information content (AvgIpc) is 3.24. The average molecular weight is 560 g/mol. The number of carbonyl (C=O) groups excluding carboxylic acids is 2. The fraction of sp³-hybridized carbons (Fsp3) is 0.688. The summed E-state index contributed by atoms with van der Waals surface area (Å²) in [6, 6.07) is 5.95. The first-order chi connectivity index (χ1) is 18.5. The summed E-state index contributed by atoms with van der Waals surface area (Å²) in [6.07, 6.45) is 2.94. The van der Waals surface area contributed by atoms with Crippen LogP contribution in [0.1, 0.15) is 92.2 Å². The van der Waals surface area contributed by atoms with Gasteiger partial charge in [0.05, 0.1) is 12.1 Å². The van der Waals surface area contributed by atoms with Gasteiger partial charge < -0.3 is 30.2 Å². The first-order valence-electron chi connectivity index (χ1n) is 14.6. The molecule has 1 aromatic carbocycles. The standard InChI is InChI=1S/C32H53N3O5/c1-20(2)24(21(3)22-13-14-26-25(16-22)23(18-33-26)12-11-15-39-10)17-27(35-30(38)40-32(7,8)9)28(36)19-34-29(37)31(4,5)6/h13-14,16,18,20-21,24,27-28,33,36H,11-12,15,17,19H2,1-10H3,(H,34,37)(H,35,38). The molecule has 0 saturated carbocycles. The molecule has 8 heteroatoms. The Hall–Kier alpha value is -2.58. The number of benzene rings is 1. The van der Waals surface area contributed by atoms with Crippen LogP contribution < -0.4 is 10.6 Å². The van der Waals surface area contributed by atoms with Gasteiger partial charge in [0.2, 0.25) is 5.91 Å².